The number of sulfonamides is 1. The molecule has 7 heteroatoms. The number of nitrogens with one attached hydrogen (secondary N) is 1. The standard InChI is InChI=1S/C14H18FN3O2S/c1-14(2,3)12-9-13(18(4)16-12)17-21(19,20)11-7-5-10(15)6-8-11/h5-9,17H,1-4H3. The highest BCUT2D eigenvalue weighted by Crippen LogP contribution is 2.24. The highest BCUT2D eigenvalue weighted by molar-refractivity contribution is 7.92. The number of aryl methyl sites for hydroxylation is 1. The van der Waals surface area contributed by atoms with Crippen molar-refractivity contribution in [1.29, 1.82) is 0 Å². The summed E-state index contributed by atoms with van der Waals surface area (Å²) >= 11 is 0. The number of hydrogen-bond acceptors (Lipinski definition) is 3. The van der Waals surface area contributed by atoms with Gasteiger partial charge < -0.3 is 0 Å². The van der Waals surface area contributed by atoms with Gasteiger partial charge in [-0.1, -0.05) is 20.8 Å². The lowest BCUT2D eigenvalue weighted by Crippen LogP contribution is -2.15. The average Bonchev–Trinajstić information content (AvgIpc) is 2.71. The van der Waals surface area contributed by atoms with Gasteiger partial charge in [-0.2, -0.15) is 5.10 Å². The summed E-state index contributed by atoms with van der Waals surface area (Å²) in [7, 11) is -2.10. The number of halogens is 1. The molecule has 1 heterocycles. The minimum atomic E-state index is -3.76. The Morgan fingerprint density at radius 1 is 1.19 bits per heavy atom. The molecule has 0 aliphatic heterocycles. The van der Waals surface area contributed by atoms with Crippen LogP contribution in [-0.4, -0.2) is 18.2 Å². The molecule has 114 valence electrons. The van der Waals surface area contributed by atoms with E-state index < -0.39 is 15.8 Å². The summed E-state index contributed by atoms with van der Waals surface area (Å²) in [6.45, 7) is 5.98. The smallest absolute Gasteiger partial charge is 0.263 e. The number of nitrogens with zero attached hydrogens (tertiary/aromatic N) is 2. The number of rotatable bonds is 3. The Kier molecular flexibility index (Phi) is 3.79. The van der Waals surface area contributed by atoms with Gasteiger partial charge >= 0.3 is 0 Å². The fraction of sp³-hybridized carbons (Fsp3) is 0.357. The van der Waals surface area contributed by atoms with Crippen LogP contribution in [-0.2, 0) is 22.5 Å². The molecule has 2 rings (SSSR count). The van der Waals surface area contributed by atoms with Gasteiger partial charge in [-0.25, -0.2) is 12.8 Å². The summed E-state index contributed by atoms with van der Waals surface area (Å²) in [5, 5.41) is 4.30. The molecule has 1 aromatic heterocycles. The van der Waals surface area contributed by atoms with Crippen molar-refractivity contribution < 1.29 is 12.8 Å². The largest absolute Gasteiger partial charge is 0.264 e. The molecular formula is C14H18FN3O2S. The maximum Gasteiger partial charge on any atom is 0.263 e. The Bertz CT molecular complexity index is 744. The van der Waals surface area contributed by atoms with E-state index in [4.69, 9.17) is 0 Å². The molecular weight excluding hydrogens is 293 g/mol. The number of aromatic nitrogens is 2. The molecule has 0 bridgehead atoms. The zero-order chi connectivity index (χ0) is 15.8. The molecule has 0 saturated heterocycles. The Hall–Kier alpha value is -1.89. The highest BCUT2D eigenvalue weighted by Gasteiger charge is 2.22. The predicted molar refractivity (Wildman–Crippen MR) is 79.1 cm³/mol. The van der Waals surface area contributed by atoms with Crippen LogP contribution in [0.15, 0.2) is 35.2 Å². The van der Waals surface area contributed by atoms with Gasteiger partial charge in [0.1, 0.15) is 11.6 Å². The van der Waals surface area contributed by atoms with E-state index in [0.717, 1.165) is 17.8 Å². The maximum absolute atomic E-state index is 12.9. The van der Waals surface area contributed by atoms with Crippen molar-refractivity contribution in [1.82, 2.24) is 9.78 Å². The zero-order valence-electron chi connectivity index (χ0n) is 12.4. The van der Waals surface area contributed by atoms with Gasteiger partial charge in [0.15, 0.2) is 0 Å². The van der Waals surface area contributed by atoms with Gasteiger partial charge in [0.2, 0.25) is 0 Å². The lowest BCUT2D eigenvalue weighted by molar-refractivity contribution is 0.553. The Morgan fingerprint density at radius 3 is 2.24 bits per heavy atom. The summed E-state index contributed by atoms with van der Waals surface area (Å²) in [6.07, 6.45) is 0. The van der Waals surface area contributed by atoms with E-state index in [0.29, 0.717) is 5.82 Å². The minimum absolute atomic E-state index is 0.00223. The number of hydrogen-bond donors (Lipinski definition) is 1. The number of anilines is 1. The first-order valence-corrected chi connectivity index (χ1v) is 7.91. The maximum atomic E-state index is 12.9. The van der Waals surface area contributed by atoms with Gasteiger partial charge in [-0.3, -0.25) is 9.40 Å². The summed E-state index contributed by atoms with van der Waals surface area (Å²) in [6, 6.07) is 6.36. The van der Waals surface area contributed by atoms with Gasteiger partial charge in [0, 0.05) is 18.5 Å². The molecule has 21 heavy (non-hydrogen) atoms. The van der Waals surface area contributed by atoms with Crippen molar-refractivity contribution in [3.63, 3.8) is 0 Å². The third-order valence-corrected chi connectivity index (χ3v) is 4.38. The lowest BCUT2D eigenvalue weighted by Gasteiger charge is -2.13. The molecule has 0 aliphatic rings. The molecule has 1 aromatic carbocycles. The van der Waals surface area contributed by atoms with Crippen LogP contribution in [0.1, 0.15) is 26.5 Å². The second kappa shape index (κ2) is 5.14. The Balaban J connectivity index is 2.33. The first kappa shape index (κ1) is 15.5. The normalized spacial score (nSPS) is 12.4. The Morgan fingerprint density at radius 2 is 1.76 bits per heavy atom. The minimum Gasteiger partial charge on any atom is -0.264 e. The van der Waals surface area contributed by atoms with E-state index >= 15 is 0 Å². The second-order valence-corrected chi connectivity index (χ2v) is 7.53. The van der Waals surface area contributed by atoms with Gasteiger partial charge in [0.05, 0.1) is 10.6 Å². The molecule has 0 aliphatic carbocycles. The topological polar surface area (TPSA) is 64.0 Å². The van der Waals surface area contributed by atoms with E-state index in [-0.39, 0.29) is 10.3 Å². The van der Waals surface area contributed by atoms with Gasteiger partial charge in [-0.15, -0.1) is 0 Å². The van der Waals surface area contributed by atoms with Crippen LogP contribution in [0.3, 0.4) is 0 Å². The van der Waals surface area contributed by atoms with E-state index in [9.17, 15) is 12.8 Å². The van der Waals surface area contributed by atoms with Crippen molar-refractivity contribution in [2.24, 2.45) is 7.05 Å². The third-order valence-electron chi connectivity index (χ3n) is 3.01. The van der Waals surface area contributed by atoms with Gasteiger partial charge in [-0.05, 0) is 24.3 Å². The third kappa shape index (κ3) is 3.41. The molecule has 1 N–H and O–H groups in total. The van der Waals surface area contributed by atoms with E-state index in [1.807, 2.05) is 20.8 Å². The van der Waals surface area contributed by atoms with Crippen LogP contribution in [0.2, 0.25) is 0 Å². The molecule has 0 spiro atoms. The summed E-state index contributed by atoms with van der Waals surface area (Å²) in [5.41, 5.74) is 0.596. The second-order valence-electron chi connectivity index (χ2n) is 5.85. The van der Waals surface area contributed by atoms with Crippen LogP contribution in [0.25, 0.3) is 0 Å². The highest BCUT2D eigenvalue weighted by atomic mass is 32.2. The first-order valence-electron chi connectivity index (χ1n) is 6.42. The van der Waals surface area contributed by atoms with Crippen LogP contribution in [0.4, 0.5) is 10.2 Å². The molecule has 5 nitrogen and oxygen atoms in total. The van der Waals surface area contributed by atoms with Crippen LogP contribution < -0.4 is 4.72 Å². The molecule has 0 atom stereocenters. The zero-order valence-corrected chi connectivity index (χ0v) is 13.2. The number of benzene rings is 1. The van der Waals surface area contributed by atoms with Crippen molar-refractivity contribution in [3.05, 3.63) is 41.8 Å². The molecule has 0 radical (unpaired) electrons. The van der Waals surface area contributed by atoms with Crippen molar-refractivity contribution in [2.75, 3.05) is 4.72 Å². The molecule has 0 unspecified atom stereocenters. The molecule has 0 amide bonds. The Labute approximate surface area is 123 Å². The van der Waals surface area contributed by atoms with E-state index in [1.165, 1.54) is 16.8 Å². The fourth-order valence-corrected chi connectivity index (χ4v) is 2.82. The first-order chi connectivity index (χ1) is 9.59. The monoisotopic (exact) mass is 311 g/mol. The van der Waals surface area contributed by atoms with Crippen molar-refractivity contribution in [3.8, 4) is 0 Å². The molecule has 2 aromatic rings. The van der Waals surface area contributed by atoms with Gasteiger partial charge in [0.25, 0.3) is 10.0 Å². The average molecular weight is 311 g/mol. The summed E-state index contributed by atoms with van der Waals surface area (Å²) in [4.78, 5) is 0.00223. The van der Waals surface area contributed by atoms with Crippen LogP contribution >= 0.6 is 0 Å². The lowest BCUT2D eigenvalue weighted by atomic mass is 9.92. The summed E-state index contributed by atoms with van der Waals surface area (Å²) < 4.78 is 41.3. The SMILES string of the molecule is Cn1nc(C(C)(C)C)cc1NS(=O)(=O)c1ccc(F)cc1. The summed E-state index contributed by atoms with van der Waals surface area (Å²) in [5.74, 6) is -0.117. The van der Waals surface area contributed by atoms with Crippen molar-refractivity contribution in [2.45, 2.75) is 31.1 Å². The van der Waals surface area contributed by atoms with E-state index in [2.05, 4.69) is 9.82 Å². The van der Waals surface area contributed by atoms with E-state index in [1.54, 1.807) is 13.1 Å². The predicted octanol–water partition coefficient (Wildman–Crippen LogP) is 2.66. The van der Waals surface area contributed by atoms with Crippen LogP contribution in [0, 0.1) is 5.82 Å². The quantitative estimate of drug-likeness (QED) is 0.948. The fourth-order valence-electron chi connectivity index (χ4n) is 1.74. The van der Waals surface area contributed by atoms with Crippen LogP contribution in [0.5, 0.6) is 0 Å². The van der Waals surface area contributed by atoms with Crippen molar-refractivity contribution >= 4 is 15.8 Å². The molecule has 0 saturated carbocycles. The molecule has 0 fully saturated rings.